The summed E-state index contributed by atoms with van der Waals surface area (Å²) >= 11 is 7.25. The second-order valence-electron chi connectivity index (χ2n) is 3.49. The molecule has 88 valence electrons. The zero-order valence-corrected chi connectivity index (χ0v) is 11.2. The van der Waals surface area contributed by atoms with Crippen LogP contribution in [0.15, 0.2) is 40.8 Å². The molecule has 0 spiro atoms. The maximum atomic E-state index is 5.46. The minimum atomic E-state index is 0.928. The molecule has 0 aliphatic heterocycles. The van der Waals surface area contributed by atoms with Gasteiger partial charge in [-0.3, -0.25) is 0 Å². The predicted molar refractivity (Wildman–Crippen MR) is 74.2 cm³/mol. The summed E-state index contributed by atoms with van der Waals surface area (Å²) in [5.74, 6) is 0.928. The van der Waals surface area contributed by atoms with E-state index >= 15 is 0 Å². The van der Waals surface area contributed by atoms with E-state index < -0.39 is 0 Å². The highest BCUT2D eigenvalue weighted by molar-refractivity contribution is 7.99. The van der Waals surface area contributed by atoms with Crippen LogP contribution in [0.2, 0.25) is 0 Å². The van der Waals surface area contributed by atoms with Crippen LogP contribution in [0.3, 0.4) is 0 Å². The lowest BCUT2D eigenvalue weighted by Gasteiger charge is -2.04. The van der Waals surface area contributed by atoms with Gasteiger partial charge in [-0.05, 0) is 30.7 Å². The van der Waals surface area contributed by atoms with Gasteiger partial charge in [-0.1, -0.05) is 36.7 Å². The number of halogens is 1. The summed E-state index contributed by atoms with van der Waals surface area (Å²) in [6.45, 7) is 4.22. The van der Waals surface area contributed by atoms with E-state index in [2.05, 4.69) is 36.5 Å². The first-order valence-electron chi connectivity index (χ1n) is 5.54. The van der Waals surface area contributed by atoms with Crippen LogP contribution < -0.4 is 5.32 Å². The monoisotopic (exact) mass is 255 g/mol. The topological polar surface area (TPSA) is 12.0 Å². The highest BCUT2D eigenvalue weighted by Gasteiger charge is 1.94. The van der Waals surface area contributed by atoms with E-state index in [-0.39, 0.29) is 0 Å². The van der Waals surface area contributed by atoms with E-state index in [4.69, 9.17) is 11.6 Å². The Morgan fingerprint density at radius 1 is 1.31 bits per heavy atom. The maximum absolute atomic E-state index is 5.46. The van der Waals surface area contributed by atoms with Crippen LogP contribution in [-0.4, -0.2) is 12.3 Å². The molecule has 0 amide bonds. The van der Waals surface area contributed by atoms with Gasteiger partial charge < -0.3 is 5.32 Å². The van der Waals surface area contributed by atoms with Crippen LogP contribution >= 0.6 is 23.4 Å². The molecule has 0 fully saturated rings. The van der Waals surface area contributed by atoms with Crippen molar-refractivity contribution in [3.05, 3.63) is 41.4 Å². The molecule has 1 nitrogen and oxygen atoms in total. The van der Waals surface area contributed by atoms with Crippen LogP contribution in [0.1, 0.15) is 18.9 Å². The molecule has 0 aromatic heterocycles. The van der Waals surface area contributed by atoms with Crippen molar-refractivity contribution in [1.29, 1.82) is 0 Å². The van der Waals surface area contributed by atoms with Gasteiger partial charge in [-0.25, -0.2) is 0 Å². The Hall–Kier alpha value is -0.440. The fourth-order valence-electron chi connectivity index (χ4n) is 1.29. The molecule has 0 saturated carbocycles. The average Bonchev–Trinajstić information content (AvgIpc) is 2.32. The lowest BCUT2D eigenvalue weighted by Crippen LogP contribution is -2.13. The van der Waals surface area contributed by atoms with Crippen molar-refractivity contribution >= 4 is 23.4 Å². The number of nitrogens with one attached hydrogen (secondary N) is 1. The van der Waals surface area contributed by atoms with Crippen LogP contribution in [0.25, 0.3) is 0 Å². The first-order valence-corrected chi connectivity index (χ1v) is 6.96. The number of benzene rings is 1. The number of rotatable bonds is 7. The molecular formula is C13H18ClNS. The third kappa shape index (κ3) is 5.59. The molecule has 0 bridgehead atoms. The minimum absolute atomic E-state index is 0.928. The van der Waals surface area contributed by atoms with E-state index in [1.54, 1.807) is 17.3 Å². The molecule has 0 aliphatic rings. The Balaban J connectivity index is 2.35. The lowest BCUT2D eigenvalue weighted by molar-refractivity contribution is 0.675. The SMILES string of the molecule is CCCNCc1ccc(SC/C=C/Cl)cc1. The van der Waals surface area contributed by atoms with E-state index in [1.807, 2.05) is 6.08 Å². The van der Waals surface area contributed by atoms with Gasteiger partial charge in [-0.15, -0.1) is 11.8 Å². The molecule has 0 aliphatic carbocycles. The van der Waals surface area contributed by atoms with Crippen LogP contribution in [-0.2, 0) is 6.54 Å². The maximum Gasteiger partial charge on any atom is 0.0205 e. The van der Waals surface area contributed by atoms with Crippen molar-refractivity contribution in [3.63, 3.8) is 0 Å². The number of thioether (sulfide) groups is 1. The number of hydrogen-bond donors (Lipinski definition) is 1. The summed E-state index contributed by atoms with van der Waals surface area (Å²) in [4.78, 5) is 1.29. The standard InChI is InChI=1S/C13H18ClNS/c1-2-9-15-11-12-4-6-13(7-5-12)16-10-3-8-14/h3-8,15H,2,9-11H2,1H3/b8-3+. The van der Waals surface area contributed by atoms with Crippen molar-refractivity contribution in [1.82, 2.24) is 5.32 Å². The van der Waals surface area contributed by atoms with Gasteiger partial charge in [0.2, 0.25) is 0 Å². The predicted octanol–water partition coefficient (Wildman–Crippen LogP) is 4.03. The van der Waals surface area contributed by atoms with E-state index in [0.717, 1.165) is 18.8 Å². The van der Waals surface area contributed by atoms with Crippen LogP contribution in [0.4, 0.5) is 0 Å². The molecule has 0 radical (unpaired) electrons. The highest BCUT2D eigenvalue weighted by Crippen LogP contribution is 2.18. The Labute approximate surface area is 107 Å². The molecule has 1 N–H and O–H groups in total. The molecule has 1 aromatic carbocycles. The Morgan fingerprint density at radius 3 is 2.69 bits per heavy atom. The van der Waals surface area contributed by atoms with E-state index in [0.29, 0.717) is 0 Å². The first kappa shape index (κ1) is 13.6. The van der Waals surface area contributed by atoms with Gasteiger partial charge >= 0.3 is 0 Å². The van der Waals surface area contributed by atoms with Crippen LogP contribution in [0.5, 0.6) is 0 Å². The second kappa shape index (κ2) is 8.68. The van der Waals surface area contributed by atoms with Crippen molar-refractivity contribution in [2.75, 3.05) is 12.3 Å². The molecule has 1 rings (SSSR count). The third-order valence-corrected chi connectivity index (χ3v) is 3.26. The van der Waals surface area contributed by atoms with Gasteiger partial charge in [0.15, 0.2) is 0 Å². The summed E-state index contributed by atoms with van der Waals surface area (Å²) in [5.41, 5.74) is 2.90. The normalized spacial score (nSPS) is 11.1. The van der Waals surface area contributed by atoms with Crippen molar-refractivity contribution in [2.24, 2.45) is 0 Å². The third-order valence-electron chi connectivity index (χ3n) is 2.11. The van der Waals surface area contributed by atoms with E-state index in [1.165, 1.54) is 16.9 Å². The summed E-state index contributed by atoms with van der Waals surface area (Å²) in [6.07, 6.45) is 3.13. The fraction of sp³-hybridized carbons (Fsp3) is 0.385. The second-order valence-corrected chi connectivity index (χ2v) is 4.84. The van der Waals surface area contributed by atoms with Crippen molar-refractivity contribution in [2.45, 2.75) is 24.8 Å². The van der Waals surface area contributed by atoms with E-state index in [9.17, 15) is 0 Å². The van der Waals surface area contributed by atoms with Gasteiger partial charge in [0, 0.05) is 22.7 Å². The molecule has 1 aromatic rings. The molecular weight excluding hydrogens is 238 g/mol. The van der Waals surface area contributed by atoms with Gasteiger partial charge in [0.1, 0.15) is 0 Å². The van der Waals surface area contributed by atoms with Crippen molar-refractivity contribution < 1.29 is 0 Å². The Morgan fingerprint density at radius 2 is 2.06 bits per heavy atom. The molecule has 16 heavy (non-hydrogen) atoms. The molecule has 3 heteroatoms. The zero-order chi connectivity index (χ0) is 11.6. The van der Waals surface area contributed by atoms with Gasteiger partial charge in [-0.2, -0.15) is 0 Å². The quantitative estimate of drug-likeness (QED) is 0.583. The number of hydrogen-bond acceptors (Lipinski definition) is 2. The largest absolute Gasteiger partial charge is 0.313 e. The summed E-state index contributed by atoms with van der Waals surface area (Å²) in [5, 5.41) is 3.39. The minimum Gasteiger partial charge on any atom is -0.313 e. The summed E-state index contributed by atoms with van der Waals surface area (Å²) in [7, 11) is 0. The Kier molecular flexibility index (Phi) is 7.39. The van der Waals surface area contributed by atoms with Gasteiger partial charge in [0.25, 0.3) is 0 Å². The highest BCUT2D eigenvalue weighted by atomic mass is 35.5. The zero-order valence-electron chi connectivity index (χ0n) is 9.58. The summed E-state index contributed by atoms with van der Waals surface area (Å²) in [6, 6.07) is 8.68. The molecule has 0 saturated heterocycles. The molecule has 0 atom stereocenters. The lowest BCUT2D eigenvalue weighted by atomic mass is 10.2. The average molecular weight is 256 g/mol. The fourth-order valence-corrected chi connectivity index (χ4v) is 2.20. The first-order chi connectivity index (χ1) is 7.86. The summed E-state index contributed by atoms with van der Waals surface area (Å²) < 4.78 is 0. The molecule has 0 heterocycles. The Bertz CT molecular complexity index is 308. The molecule has 0 unspecified atom stereocenters. The van der Waals surface area contributed by atoms with Crippen LogP contribution in [0, 0.1) is 0 Å². The smallest absolute Gasteiger partial charge is 0.0205 e. The van der Waals surface area contributed by atoms with Gasteiger partial charge in [0.05, 0.1) is 0 Å². The van der Waals surface area contributed by atoms with Crippen molar-refractivity contribution in [3.8, 4) is 0 Å².